The molecule has 1 fully saturated rings. The highest BCUT2D eigenvalue weighted by molar-refractivity contribution is 5.31. The van der Waals surface area contributed by atoms with E-state index in [9.17, 15) is 8.78 Å². The SMILES string of the molecule is CC(N)Cc1cc(F)c(OCC2CCC(C)O2)c(F)c1. The number of nitrogens with two attached hydrogens (primary N) is 1. The summed E-state index contributed by atoms with van der Waals surface area (Å²) in [6.45, 7) is 3.94. The van der Waals surface area contributed by atoms with E-state index in [2.05, 4.69) is 0 Å². The molecule has 0 spiro atoms. The van der Waals surface area contributed by atoms with Crippen LogP contribution in [0.5, 0.6) is 5.75 Å². The summed E-state index contributed by atoms with van der Waals surface area (Å²) in [5.74, 6) is -1.71. The van der Waals surface area contributed by atoms with E-state index in [-0.39, 0.29) is 30.6 Å². The van der Waals surface area contributed by atoms with Gasteiger partial charge in [-0.15, -0.1) is 0 Å². The predicted molar refractivity (Wildman–Crippen MR) is 72.8 cm³/mol. The second-order valence-corrected chi connectivity index (χ2v) is 5.53. The van der Waals surface area contributed by atoms with Crippen molar-refractivity contribution in [3.63, 3.8) is 0 Å². The van der Waals surface area contributed by atoms with E-state index in [1.807, 2.05) is 6.92 Å². The number of hydrogen-bond acceptors (Lipinski definition) is 3. The Hall–Kier alpha value is -1.20. The van der Waals surface area contributed by atoms with E-state index in [0.717, 1.165) is 12.8 Å². The topological polar surface area (TPSA) is 44.5 Å². The van der Waals surface area contributed by atoms with E-state index in [1.165, 1.54) is 12.1 Å². The summed E-state index contributed by atoms with van der Waals surface area (Å²) < 4.78 is 38.5. The molecule has 0 amide bonds. The molecule has 1 aliphatic rings. The maximum atomic E-state index is 13.9. The maximum absolute atomic E-state index is 13.9. The van der Waals surface area contributed by atoms with Crippen LogP contribution in [0.15, 0.2) is 12.1 Å². The Morgan fingerprint density at radius 3 is 2.50 bits per heavy atom. The van der Waals surface area contributed by atoms with Crippen molar-refractivity contribution in [2.75, 3.05) is 6.61 Å². The fourth-order valence-electron chi connectivity index (χ4n) is 2.42. The molecule has 0 saturated carbocycles. The van der Waals surface area contributed by atoms with Crippen LogP contribution in [0.4, 0.5) is 8.78 Å². The number of hydrogen-bond donors (Lipinski definition) is 1. The van der Waals surface area contributed by atoms with Crippen LogP contribution in [0.2, 0.25) is 0 Å². The van der Waals surface area contributed by atoms with Crippen LogP contribution in [-0.4, -0.2) is 24.9 Å². The third-order valence-corrected chi connectivity index (χ3v) is 3.35. The molecule has 3 unspecified atom stereocenters. The number of ether oxygens (including phenoxy) is 2. The first kappa shape index (κ1) is 15.2. The van der Waals surface area contributed by atoms with Gasteiger partial charge in [0.15, 0.2) is 17.4 Å². The summed E-state index contributed by atoms with van der Waals surface area (Å²) in [6.07, 6.45) is 2.33. The highest BCUT2D eigenvalue weighted by Gasteiger charge is 2.23. The van der Waals surface area contributed by atoms with Crippen molar-refractivity contribution in [2.45, 2.75) is 51.4 Å². The van der Waals surface area contributed by atoms with Crippen LogP contribution >= 0.6 is 0 Å². The van der Waals surface area contributed by atoms with E-state index in [4.69, 9.17) is 15.2 Å². The molecule has 1 saturated heterocycles. The second kappa shape index (κ2) is 6.50. The van der Waals surface area contributed by atoms with Crippen molar-refractivity contribution in [3.8, 4) is 5.75 Å². The lowest BCUT2D eigenvalue weighted by Crippen LogP contribution is -2.20. The zero-order valence-electron chi connectivity index (χ0n) is 11.9. The van der Waals surface area contributed by atoms with Gasteiger partial charge in [0.25, 0.3) is 0 Å². The Kier molecular flexibility index (Phi) is 4.94. The lowest BCUT2D eigenvalue weighted by Gasteiger charge is -2.14. The first-order chi connectivity index (χ1) is 9.45. The van der Waals surface area contributed by atoms with Gasteiger partial charge in [0.05, 0.1) is 12.2 Å². The number of halogens is 2. The lowest BCUT2D eigenvalue weighted by molar-refractivity contribution is 0.0247. The molecule has 1 aliphatic heterocycles. The van der Waals surface area contributed by atoms with Crippen molar-refractivity contribution < 1.29 is 18.3 Å². The molecule has 0 aromatic heterocycles. The fraction of sp³-hybridized carbons (Fsp3) is 0.600. The molecule has 1 aromatic rings. The Labute approximate surface area is 118 Å². The second-order valence-electron chi connectivity index (χ2n) is 5.53. The van der Waals surface area contributed by atoms with E-state index >= 15 is 0 Å². The average Bonchev–Trinajstić information content (AvgIpc) is 2.73. The Morgan fingerprint density at radius 2 is 2.00 bits per heavy atom. The Balaban J connectivity index is 2.00. The molecule has 0 bridgehead atoms. The van der Waals surface area contributed by atoms with E-state index in [1.54, 1.807) is 6.92 Å². The van der Waals surface area contributed by atoms with Crippen molar-refractivity contribution in [1.29, 1.82) is 0 Å². The highest BCUT2D eigenvalue weighted by Crippen LogP contribution is 2.26. The molecule has 5 heteroatoms. The van der Waals surface area contributed by atoms with Crippen molar-refractivity contribution in [3.05, 3.63) is 29.3 Å². The summed E-state index contributed by atoms with van der Waals surface area (Å²) in [5, 5.41) is 0. The molecule has 1 heterocycles. The quantitative estimate of drug-likeness (QED) is 0.904. The summed E-state index contributed by atoms with van der Waals surface area (Å²) in [4.78, 5) is 0. The van der Waals surface area contributed by atoms with Crippen LogP contribution in [-0.2, 0) is 11.2 Å². The van der Waals surface area contributed by atoms with Gasteiger partial charge in [-0.25, -0.2) is 8.78 Å². The minimum atomic E-state index is -0.688. The summed E-state index contributed by atoms with van der Waals surface area (Å²) >= 11 is 0. The van der Waals surface area contributed by atoms with Crippen LogP contribution < -0.4 is 10.5 Å². The zero-order valence-corrected chi connectivity index (χ0v) is 11.9. The van der Waals surface area contributed by atoms with Gasteiger partial charge in [0, 0.05) is 6.04 Å². The van der Waals surface area contributed by atoms with Crippen molar-refractivity contribution >= 4 is 0 Å². The molecule has 0 aliphatic carbocycles. The van der Waals surface area contributed by atoms with Crippen LogP contribution in [0.25, 0.3) is 0 Å². The van der Waals surface area contributed by atoms with Crippen molar-refractivity contribution in [1.82, 2.24) is 0 Å². The van der Waals surface area contributed by atoms with Crippen LogP contribution in [0.3, 0.4) is 0 Å². The summed E-state index contributed by atoms with van der Waals surface area (Å²) in [6, 6.07) is 2.41. The van der Waals surface area contributed by atoms with Gasteiger partial charge in [0.2, 0.25) is 0 Å². The summed E-state index contributed by atoms with van der Waals surface area (Å²) in [7, 11) is 0. The molecule has 1 aromatic carbocycles. The van der Waals surface area contributed by atoms with Gasteiger partial charge < -0.3 is 15.2 Å². The first-order valence-corrected chi connectivity index (χ1v) is 6.97. The van der Waals surface area contributed by atoms with Gasteiger partial charge in [-0.1, -0.05) is 0 Å². The average molecular weight is 285 g/mol. The maximum Gasteiger partial charge on any atom is 0.190 e. The molecule has 3 nitrogen and oxygen atoms in total. The Morgan fingerprint density at radius 1 is 1.35 bits per heavy atom. The minimum Gasteiger partial charge on any atom is -0.485 e. The molecule has 112 valence electrons. The van der Waals surface area contributed by atoms with Crippen LogP contribution in [0, 0.1) is 11.6 Å². The minimum absolute atomic E-state index is 0.0902. The predicted octanol–water partition coefficient (Wildman–Crippen LogP) is 2.80. The third-order valence-electron chi connectivity index (χ3n) is 3.35. The van der Waals surface area contributed by atoms with Gasteiger partial charge in [-0.05, 0) is 50.8 Å². The fourth-order valence-corrected chi connectivity index (χ4v) is 2.42. The molecular formula is C15H21F2NO2. The number of rotatable bonds is 5. The first-order valence-electron chi connectivity index (χ1n) is 6.97. The van der Waals surface area contributed by atoms with E-state index < -0.39 is 11.6 Å². The third kappa shape index (κ3) is 3.90. The largest absolute Gasteiger partial charge is 0.485 e. The van der Waals surface area contributed by atoms with Gasteiger partial charge in [0.1, 0.15) is 6.61 Å². The molecule has 2 rings (SSSR count). The van der Waals surface area contributed by atoms with Crippen molar-refractivity contribution in [2.24, 2.45) is 5.73 Å². The van der Waals surface area contributed by atoms with Crippen LogP contribution in [0.1, 0.15) is 32.3 Å². The normalized spacial score (nSPS) is 23.9. The molecule has 20 heavy (non-hydrogen) atoms. The van der Waals surface area contributed by atoms with E-state index in [0.29, 0.717) is 12.0 Å². The van der Waals surface area contributed by atoms with Gasteiger partial charge in [-0.2, -0.15) is 0 Å². The standard InChI is InChI=1S/C15H21F2NO2/c1-9(18)5-11-6-13(16)15(14(17)7-11)19-8-12-4-3-10(2)20-12/h6-7,9-10,12H,3-5,8,18H2,1-2H3. The molecular weight excluding hydrogens is 264 g/mol. The highest BCUT2D eigenvalue weighted by atomic mass is 19.1. The van der Waals surface area contributed by atoms with Gasteiger partial charge >= 0.3 is 0 Å². The number of benzene rings is 1. The molecule has 2 N–H and O–H groups in total. The lowest BCUT2D eigenvalue weighted by atomic mass is 10.1. The monoisotopic (exact) mass is 285 g/mol. The molecule has 0 radical (unpaired) electrons. The Bertz CT molecular complexity index is 442. The molecule has 3 atom stereocenters. The summed E-state index contributed by atoms with van der Waals surface area (Å²) in [5.41, 5.74) is 6.16. The zero-order chi connectivity index (χ0) is 14.7. The van der Waals surface area contributed by atoms with Gasteiger partial charge in [-0.3, -0.25) is 0 Å². The smallest absolute Gasteiger partial charge is 0.190 e.